The van der Waals surface area contributed by atoms with Gasteiger partial charge in [-0.15, -0.1) is 0 Å². The molecule has 0 saturated heterocycles. The molecule has 2 aromatic carbocycles. The number of aromatic hydroxyl groups is 1. The number of amides is 2. The van der Waals surface area contributed by atoms with Gasteiger partial charge in [-0.25, -0.2) is 4.79 Å². The van der Waals surface area contributed by atoms with Crippen molar-refractivity contribution >= 4 is 23.3 Å². The molecule has 2 aromatic rings. The number of hydrogen-bond acceptors (Lipinski definition) is 2. The maximum atomic E-state index is 12.8. The van der Waals surface area contributed by atoms with Crippen LogP contribution in [0.5, 0.6) is 5.75 Å². The fraction of sp³-hybridized carbons (Fsp3) is 0.211. The summed E-state index contributed by atoms with van der Waals surface area (Å²) in [7, 11) is 0. The van der Waals surface area contributed by atoms with Crippen LogP contribution in [0.15, 0.2) is 60.7 Å². The first-order valence-corrected chi connectivity index (χ1v) is 8.27. The third-order valence-electron chi connectivity index (χ3n) is 4.01. The van der Waals surface area contributed by atoms with Crippen LogP contribution in [0.2, 0.25) is 5.02 Å². The van der Waals surface area contributed by atoms with Gasteiger partial charge in [0.05, 0.1) is 6.04 Å². The average Bonchev–Trinajstić information content (AvgIpc) is 3.08. The molecule has 0 heterocycles. The summed E-state index contributed by atoms with van der Waals surface area (Å²) in [6, 6.07) is 13.9. The summed E-state index contributed by atoms with van der Waals surface area (Å²) in [6.45, 7) is 0.497. The molecule has 1 atom stereocenters. The fourth-order valence-electron chi connectivity index (χ4n) is 2.78. The van der Waals surface area contributed by atoms with Crippen molar-refractivity contribution in [2.75, 3.05) is 5.32 Å². The van der Waals surface area contributed by atoms with E-state index in [4.69, 9.17) is 11.6 Å². The second-order valence-corrected chi connectivity index (χ2v) is 6.24. The second kappa shape index (κ2) is 7.41. The smallest absolute Gasteiger partial charge is 0.322 e. The molecule has 1 aliphatic rings. The van der Waals surface area contributed by atoms with E-state index < -0.39 is 0 Å². The summed E-state index contributed by atoms with van der Waals surface area (Å²) in [5.74, 6) is 0.123. The first-order valence-electron chi connectivity index (χ1n) is 7.89. The van der Waals surface area contributed by atoms with Crippen LogP contribution in [0.3, 0.4) is 0 Å². The normalized spacial score (nSPS) is 16.1. The molecule has 124 valence electrons. The molecule has 0 spiro atoms. The van der Waals surface area contributed by atoms with Crippen LogP contribution < -0.4 is 5.32 Å². The number of anilines is 1. The predicted octanol–water partition coefficient (Wildman–Crippen LogP) is 4.80. The number of nitrogens with one attached hydrogen (secondary N) is 1. The number of rotatable bonds is 4. The number of phenolic OH excluding ortho intramolecular Hbond substituents is 1. The molecular formula is C19H19ClN2O2. The van der Waals surface area contributed by atoms with E-state index in [1.54, 1.807) is 23.1 Å². The highest BCUT2D eigenvalue weighted by Gasteiger charge is 2.24. The van der Waals surface area contributed by atoms with E-state index >= 15 is 0 Å². The van der Waals surface area contributed by atoms with Crippen LogP contribution >= 0.6 is 11.6 Å². The van der Waals surface area contributed by atoms with Crippen LogP contribution in [-0.2, 0) is 6.54 Å². The number of nitrogens with zero attached hydrogens (tertiary/aromatic N) is 1. The lowest BCUT2D eigenvalue weighted by Gasteiger charge is -2.28. The van der Waals surface area contributed by atoms with E-state index in [-0.39, 0.29) is 17.8 Å². The molecule has 2 N–H and O–H groups in total. The van der Waals surface area contributed by atoms with Crippen LogP contribution in [0.4, 0.5) is 10.5 Å². The molecule has 0 radical (unpaired) electrons. The van der Waals surface area contributed by atoms with E-state index in [0.717, 1.165) is 18.4 Å². The van der Waals surface area contributed by atoms with Gasteiger partial charge in [0.2, 0.25) is 0 Å². The highest BCUT2D eigenvalue weighted by Crippen LogP contribution is 2.22. The number of hydrogen-bond donors (Lipinski definition) is 2. The Morgan fingerprint density at radius 3 is 2.71 bits per heavy atom. The molecule has 24 heavy (non-hydrogen) atoms. The zero-order valence-electron chi connectivity index (χ0n) is 13.2. The number of halogens is 1. The second-order valence-electron chi connectivity index (χ2n) is 5.81. The standard InChI is InChI=1S/C19H19ClN2O2/c20-15-10-8-14(9-11-15)13-22(17-5-1-2-6-17)19(24)21-16-4-3-7-18(23)12-16/h1,3-5,7-12,17,23H,2,6,13H2,(H,21,24). The minimum Gasteiger partial charge on any atom is -0.508 e. The van der Waals surface area contributed by atoms with Gasteiger partial charge in [-0.1, -0.05) is 42.0 Å². The van der Waals surface area contributed by atoms with Gasteiger partial charge in [0.15, 0.2) is 0 Å². The molecule has 5 heteroatoms. The van der Waals surface area contributed by atoms with E-state index in [1.165, 1.54) is 6.07 Å². The minimum atomic E-state index is -0.188. The Balaban J connectivity index is 1.77. The Labute approximate surface area is 146 Å². The van der Waals surface area contributed by atoms with Gasteiger partial charge >= 0.3 is 6.03 Å². The average molecular weight is 343 g/mol. The van der Waals surface area contributed by atoms with Crippen molar-refractivity contribution in [2.24, 2.45) is 0 Å². The summed E-state index contributed by atoms with van der Waals surface area (Å²) in [5.41, 5.74) is 1.59. The Kier molecular flexibility index (Phi) is 5.06. The Morgan fingerprint density at radius 2 is 2.04 bits per heavy atom. The topological polar surface area (TPSA) is 52.6 Å². The van der Waals surface area contributed by atoms with Gasteiger partial charge in [0, 0.05) is 23.3 Å². The lowest BCUT2D eigenvalue weighted by atomic mass is 10.1. The maximum absolute atomic E-state index is 12.8. The fourth-order valence-corrected chi connectivity index (χ4v) is 2.91. The molecular weight excluding hydrogens is 324 g/mol. The van der Waals surface area contributed by atoms with Gasteiger partial charge in [0.25, 0.3) is 0 Å². The van der Waals surface area contributed by atoms with Crippen LogP contribution in [-0.4, -0.2) is 22.1 Å². The summed E-state index contributed by atoms with van der Waals surface area (Å²) in [4.78, 5) is 14.6. The first-order chi connectivity index (χ1) is 11.6. The summed E-state index contributed by atoms with van der Waals surface area (Å²) < 4.78 is 0. The molecule has 1 unspecified atom stereocenters. The van der Waals surface area contributed by atoms with Crippen molar-refractivity contribution in [1.82, 2.24) is 4.90 Å². The third-order valence-corrected chi connectivity index (χ3v) is 4.26. The van der Waals surface area contributed by atoms with Crippen LogP contribution in [0.25, 0.3) is 0 Å². The minimum absolute atomic E-state index is 0.0676. The van der Waals surface area contributed by atoms with E-state index in [0.29, 0.717) is 17.3 Å². The van der Waals surface area contributed by atoms with Crippen LogP contribution in [0.1, 0.15) is 18.4 Å². The van der Waals surface area contributed by atoms with Gasteiger partial charge < -0.3 is 15.3 Å². The van der Waals surface area contributed by atoms with Crippen molar-refractivity contribution in [1.29, 1.82) is 0 Å². The molecule has 0 aliphatic heterocycles. The quantitative estimate of drug-likeness (QED) is 0.784. The molecule has 0 fully saturated rings. The SMILES string of the molecule is O=C(Nc1cccc(O)c1)N(Cc1ccc(Cl)cc1)C1C=CCC1. The molecule has 4 nitrogen and oxygen atoms in total. The van der Waals surface area contributed by atoms with Gasteiger partial charge in [0.1, 0.15) is 5.75 Å². The zero-order chi connectivity index (χ0) is 16.9. The van der Waals surface area contributed by atoms with Gasteiger partial charge in [-0.3, -0.25) is 0 Å². The lowest BCUT2D eigenvalue weighted by molar-refractivity contribution is 0.195. The van der Waals surface area contributed by atoms with Gasteiger partial charge in [-0.2, -0.15) is 0 Å². The maximum Gasteiger partial charge on any atom is 0.322 e. The number of carbonyl (C=O) groups excluding carboxylic acids is 1. The number of allylic oxidation sites excluding steroid dienone is 1. The number of benzene rings is 2. The molecule has 0 aromatic heterocycles. The highest BCUT2D eigenvalue weighted by atomic mass is 35.5. The number of urea groups is 1. The Morgan fingerprint density at radius 1 is 1.25 bits per heavy atom. The molecule has 2 amide bonds. The van der Waals surface area contributed by atoms with Crippen molar-refractivity contribution in [3.63, 3.8) is 0 Å². The molecule has 0 saturated carbocycles. The van der Waals surface area contributed by atoms with Crippen molar-refractivity contribution in [2.45, 2.75) is 25.4 Å². The Bertz CT molecular complexity index is 743. The van der Waals surface area contributed by atoms with Crippen molar-refractivity contribution < 1.29 is 9.90 Å². The van der Waals surface area contributed by atoms with Crippen molar-refractivity contribution in [3.05, 3.63) is 71.3 Å². The number of phenols is 1. The largest absolute Gasteiger partial charge is 0.508 e. The monoisotopic (exact) mass is 342 g/mol. The molecule has 3 rings (SSSR count). The predicted molar refractivity (Wildman–Crippen MR) is 96.3 cm³/mol. The van der Waals surface area contributed by atoms with E-state index in [9.17, 15) is 9.90 Å². The van der Waals surface area contributed by atoms with Crippen LogP contribution in [0, 0.1) is 0 Å². The highest BCUT2D eigenvalue weighted by molar-refractivity contribution is 6.30. The first kappa shape index (κ1) is 16.4. The van der Waals surface area contributed by atoms with Crippen molar-refractivity contribution in [3.8, 4) is 5.75 Å². The summed E-state index contributed by atoms with van der Waals surface area (Å²) >= 11 is 5.93. The molecule has 1 aliphatic carbocycles. The van der Waals surface area contributed by atoms with E-state index in [2.05, 4.69) is 17.5 Å². The number of carbonyl (C=O) groups is 1. The third kappa shape index (κ3) is 4.09. The summed E-state index contributed by atoms with van der Waals surface area (Å²) in [5, 5.41) is 13.1. The van der Waals surface area contributed by atoms with E-state index in [1.807, 2.05) is 24.3 Å². The van der Waals surface area contributed by atoms with Gasteiger partial charge in [-0.05, 0) is 42.7 Å². The Hall–Kier alpha value is -2.46. The summed E-state index contributed by atoms with van der Waals surface area (Å²) in [6.07, 6.45) is 6.06. The zero-order valence-corrected chi connectivity index (χ0v) is 13.9. The molecule has 0 bridgehead atoms. The lowest BCUT2D eigenvalue weighted by Crippen LogP contribution is -2.40.